The van der Waals surface area contributed by atoms with Crippen LogP contribution in [-0.2, 0) is 16.1 Å². The predicted molar refractivity (Wildman–Crippen MR) is 99.3 cm³/mol. The first-order valence-electron chi connectivity index (χ1n) is 8.03. The van der Waals surface area contributed by atoms with Gasteiger partial charge in [-0.05, 0) is 36.4 Å². The van der Waals surface area contributed by atoms with E-state index < -0.39 is 5.82 Å². The summed E-state index contributed by atoms with van der Waals surface area (Å²) in [5.41, 5.74) is 1.42. The van der Waals surface area contributed by atoms with Crippen LogP contribution in [0.2, 0.25) is 5.02 Å². The van der Waals surface area contributed by atoms with E-state index in [1.54, 1.807) is 7.11 Å². The zero-order valence-corrected chi connectivity index (χ0v) is 14.9. The second kappa shape index (κ2) is 8.21. The highest BCUT2D eigenvalue weighted by atomic mass is 35.5. The molecule has 0 aliphatic heterocycles. The zero-order valence-electron chi connectivity index (χ0n) is 14.2. The maximum Gasteiger partial charge on any atom is 0.262 e. The van der Waals surface area contributed by atoms with Crippen LogP contribution in [0.5, 0.6) is 5.75 Å². The fourth-order valence-corrected chi connectivity index (χ4v) is 2.80. The van der Waals surface area contributed by atoms with Crippen LogP contribution in [0.15, 0.2) is 48.7 Å². The van der Waals surface area contributed by atoms with Crippen LogP contribution < -0.4 is 10.1 Å². The van der Waals surface area contributed by atoms with E-state index in [0.717, 1.165) is 17.4 Å². The maximum atomic E-state index is 13.2. The second-order valence-corrected chi connectivity index (χ2v) is 6.06. The largest absolute Gasteiger partial charge is 0.483 e. The predicted octanol–water partition coefficient (Wildman–Crippen LogP) is 4.10. The highest BCUT2D eigenvalue weighted by Gasteiger charge is 2.10. The van der Waals surface area contributed by atoms with Crippen molar-refractivity contribution >= 4 is 34.1 Å². The number of anilines is 1. The summed E-state index contributed by atoms with van der Waals surface area (Å²) in [4.78, 5) is 12.1. The lowest BCUT2D eigenvalue weighted by Gasteiger charge is -2.10. The van der Waals surface area contributed by atoms with Crippen molar-refractivity contribution in [1.29, 1.82) is 0 Å². The van der Waals surface area contributed by atoms with E-state index in [1.807, 2.05) is 30.5 Å². The third-order valence-electron chi connectivity index (χ3n) is 3.87. The van der Waals surface area contributed by atoms with Crippen LogP contribution in [0, 0.1) is 5.82 Å². The number of halogens is 2. The summed E-state index contributed by atoms with van der Waals surface area (Å²) >= 11 is 5.71. The van der Waals surface area contributed by atoms with Gasteiger partial charge in [-0.2, -0.15) is 0 Å². The highest BCUT2D eigenvalue weighted by molar-refractivity contribution is 6.31. The summed E-state index contributed by atoms with van der Waals surface area (Å²) in [6.07, 6.45) is 1.96. The number of rotatable bonds is 7. The first-order chi connectivity index (χ1) is 12.6. The van der Waals surface area contributed by atoms with Gasteiger partial charge >= 0.3 is 0 Å². The Kier molecular flexibility index (Phi) is 5.75. The minimum Gasteiger partial charge on any atom is -0.483 e. The minimum atomic E-state index is -0.537. The Labute approximate surface area is 155 Å². The van der Waals surface area contributed by atoms with Gasteiger partial charge in [-0.15, -0.1) is 0 Å². The lowest BCUT2D eigenvalue weighted by Crippen LogP contribution is -2.20. The van der Waals surface area contributed by atoms with Gasteiger partial charge in [0, 0.05) is 30.9 Å². The van der Waals surface area contributed by atoms with Gasteiger partial charge in [0.15, 0.2) is 6.61 Å². The number of benzene rings is 2. The third kappa shape index (κ3) is 4.15. The number of aromatic nitrogens is 1. The van der Waals surface area contributed by atoms with Crippen molar-refractivity contribution in [3.8, 4) is 5.75 Å². The van der Waals surface area contributed by atoms with Crippen LogP contribution in [-0.4, -0.2) is 30.8 Å². The Morgan fingerprint density at radius 3 is 2.88 bits per heavy atom. The summed E-state index contributed by atoms with van der Waals surface area (Å²) in [5.74, 6) is -0.278. The highest BCUT2D eigenvalue weighted by Crippen LogP contribution is 2.26. The minimum absolute atomic E-state index is 0.0501. The molecule has 7 heteroatoms. The smallest absolute Gasteiger partial charge is 0.262 e. The van der Waals surface area contributed by atoms with Gasteiger partial charge in [0.25, 0.3) is 5.91 Å². The number of hydrogen-bond acceptors (Lipinski definition) is 3. The molecule has 0 spiro atoms. The van der Waals surface area contributed by atoms with E-state index in [9.17, 15) is 9.18 Å². The van der Waals surface area contributed by atoms with Crippen molar-refractivity contribution in [2.75, 3.05) is 25.6 Å². The molecule has 2 aromatic carbocycles. The molecule has 0 fully saturated rings. The lowest BCUT2D eigenvalue weighted by molar-refractivity contribution is -0.118. The van der Waals surface area contributed by atoms with E-state index in [-0.39, 0.29) is 17.5 Å². The Morgan fingerprint density at radius 2 is 2.12 bits per heavy atom. The zero-order chi connectivity index (χ0) is 18.5. The number of carbonyl (C=O) groups excluding carboxylic acids is 1. The van der Waals surface area contributed by atoms with E-state index in [2.05, 4.69) is 9.88 Å². The quantitative estimate of drug-likeness (QED) is 0.675. The van der Waals surface area contributed by atoms with Crippen molar-refractivity contribution in [2.24, 2.45) is 0 Å². The van der Waals surface area contributed by atoms with Crippen LogP contribution in [0.25, 0.3) is 10.9 Å². The molecule has 3 aromatic rings. The molecule has 0 unspecified atom stereocenters. The molecule has 1 N–H and O–H groups in total. The molecule has 1 heterocycles. The maximum absolute atomic E-state index is 13.2. The lowest BCUT2D eigenvalue weighted by atomic mass is 10.2. The number of amides is 1. The number of nitrogens with one attached hydrogen (secondary N) is 1. The van der Waals surface area contributed by atoms with Gasteiger partial charge in [0.2, 0.25) is 0 Å². The van der Waals surface area contributed by atoms with E-state index in [4.69, 9.17) is 21.1 Å². The van der Waals surface area contributed by atoms with E-state index >= 15 is 0 Å². The van der Waals surface area contributed by atoms with Gasteiger partial charge in [-0.3, -0.25) is 4.79 Å². The molecule has 1 amide bonds. The number of carbonyl (C=O) groups is 1. The molecule has 0 radical (unpaired) electrons. The Balaban J connectivity index is 1.66. The fourth-order valence-electron chi connectivity index (χ4n) is 2.62. The molecule has 0 aliphatic rings. The molecule has 0 saturated heterocycles. The van der Waals surface area contributed by atoms with Crippen LogP contribution in [0.4, 0.5) is 10.1 Å². The summed E-state index contributed by atoms with van der Waals surface area (Å²) in [5, 5.41) is 3.49. The second-order valence-electron chi connectivity index (χ2n) is 5.66. The Morgan fingerprint density at radius 1 is 1.27 bits per heavy atom. The van der Waals surface area contributed by atoms with Crippen molar-refractivity contribution in [3.63, 3.8) is 0 Å². The molecule has 0 bridgehead atoms. The first-order valence-corrected chi connectivity index (χ1v) is 8.41. The van der Waals surface area contributed by atoms with Gasteiger partial charge in [0.05, 0.1) is 17.1 Å². The summed E-state index contributed by atoms with van der Waals surface area (Å²) in [6, 6.07) is 11.6. The molecule has 0 saturated carbocycles. The third-order valence-corrected chi connectivity index (χ3v) is 4.16. The summed E-state index contributed by atoms with van der Waals surface area (Å²) in [7, 11) is 1.66. The van der Waals surface area contributed by atoms with Crippen LogP contribution in [0.3, 0.4) is 0 Å². The number of ether oxygens (including phenoxy) is 2. The summed E-state index contributed by atoms with van der Waals surface area (Å²) < 4.78 is 26.0. The van der Waals surface area contributed by atoms with Crippen molar-refractivity contribution < 1.29 is 18.7 Å². The molecule has 0 atom stereocenters. The molecule has 3 rings (SSSR count). The number of fused-ring (bicyclic) bond motifs is 1. The van der Waals surface area contributed by atoms with Gasteiger partial charge in [-0.25, -0.2) is 4.39 Å². The normalized spacial score (nSPS) is 10.9. The van der Waals surface area contributed by atoms with Crippen LogP contribution >= 0.6 is 11.6 Å². The van der Waals surface area contributed by atoms with Gasteiger partial charge in [0.1, 0.15) is 11.6 Å². The number of hydrogen-bond donors (Lipinski definition) is 1. The number of nitrogens with zero attached hydrogens (tertiary/aromatic N) is 1. The number of methoxy groups -OCH3 is 1. The van der Waals surface area contributed by atoms with Crippen molar-refractivity contribution in [1.82, 2.24) is 4.57 Å². The topological polar surface area (TPSA) is 52.5 Å². The molecule has 1 aromatic heterocycles. The summed E-state index contributed by atoms with van der Waals surface area (Å²) in [6.45, 7) is 1.17. The van der Waals surface area contributed by atoms with Gasteiger partial charge in [-0.1, -0.05) is 17.7 Å². The standard InChI is InChI=1S/C19H18ClFN2O3/c1-25-10-9-23-8-7-14-17(23)3-2-4-18(14)26-12-19(24)22-13-5-6-16(21)15(20)11-13/h2-8,11H,9-10,12H2,1H3,(H,22,24). The Bertz CT molecular complexity index is 926. The Hall–Kier alpha value is -2.57. The molecular formula is C19H18ClFN2O3. The molecule has 136 valence electrons. The average Bonchev–Trinajstić information content (AvgIpc) is 3.05. The SMILES string of the molecule is COCCn1ccc2c(OCC(=O)Nc3ccc(F)c(Cl)c3)cccc21. The monoisotopic (exact) mass is 376 g/mol. The fraction of sp³-hybridized carbons (Fsp3) is 0.211. The molecular weight excluding hydrogens is 359 g/mol. The molecule has 0 aliphatic carbocycles. The average molecular weight is 377 g/mol. The molecule has 5 nitrogen and oxygen atoms in total. The van der Waals surface area contributed by atoms with E-state index in [0.29, 0.717) is 18.0 Å². The van der Waals surface area contributed by atoms with E-state index in [1.165, 1.54) is 18.2 Å². The molecule has 26 heavy (non-hydrogen) atoms. The van der Waals surface area contributed by atoms with Crippen molar-refractivity contribution in [3.05, 3.63) is 59.5 Å². The first kappa shape index (κ1) is 18.2. The van der Waals surface area contributed by atoms with Crippen molar-refractivity contribution in [2.45, 2.75) is 6.54 Å². The van der Waals surface area contributed by atoms with Gasteiger partial charge < -0.3 is 19.4 Å². The van der Waals surface area contributed by atoms with Crippen LogP contribution in [0.1, 0.15) is 0 Å².